The predicted molar refractivity (Wildman–Crippen MR) is 65.6 cm³/mol. The summed E-state index contributed by atoms with van der Waals surface area (Å²) in [5.41, 5.74) is 0.304. The van der Waals surface area contributed by atoms with Crippen LogP contribution in [0.1, 0.15) is 41.6 Å². The minimum absolute atomic E-state index is 0.0140. The molecule has 0 spiro atoms. The summed E-state index contributed by atoms with van der Waals surface area (Å²) in [5, 5.41) is 20.7. The molecule has 100 valence electrons. The third kappa shape index (κ3) is 2.37. The molecule has 0 aliphatic heterocycles. The molecule has 2 aromatic rings. The highest BCUT2D eigenvalue weighted by molar-refractivity contribution is 5.86. The summed E-state index contributed by atoms with van der Waals surface area (Å²) >= 11 is 0. The van der Waals surface area contributed by atoms with E-state index in [1.165, 1.54) is 13.0 Å². The van der Waals surface area contributed by atoms with Crippen LogP contribution in [-0.4, -0.2) is 36.0 Å². The molecular weight excluding hydrogens is 250 g/mol. The van der Waals surface area contributed by atoms with Crippen LogP contribution in [0.15, 0.2) is 10.9 Å². The number of hydrogen-bond donors (Lipinski definition) is 2. The maximum atomic E-state index is 11.5. The Kier molecular flexibility index (Phi) is 3.16. The van der Waals surface area contributed by atoms with Gasteiger partial charge in [0.15, 0.2) is 5.69 Å². The molecular formula is C11H13N5O3. The van der Waals surface area contributed by atoms with E-state index in [1.807, 2.05) is 13.8 Å². The fraction of sp³-hybridized carbons (Fsp3) is 0.364. The van der Waals surface area contributed by atoms with Gasteiger partial charge in [0.25, 0.3) is 11.5 Å². The molecule has 0 aromatic carbocycles. The lowest BCUT2D eigenvalue weighted by molar-refractivity contribution is 0.0686. The van der Waals surface area contributed by atoms with E-state index in [0.29, 0.717) is 5.69 Å². The first-order valence-electron chi connectivity index (χ1n) is 5.67. The molecule has 0 unspecified atom stereocenters. The highest BCUT2D eigenvalue weighted by atomic mass is 16.4. The first kappa shape index (κ1) is 12.9. The van der Waals surface area contributed by atoms with Gasteiger partial charge in [-0.15, -0.1) is 10.2 Å². The molecule has 0 bridgehead atoms. The maximum Gasteiger partial charge on any atom is 0.354 e. The largest absolute Gasteiger partial charge is 0.477 e. The van der Waals surface area contributed by atoms with Gasteiger partial charge < -0.3 is 5.11 Å². The van der Waals surface area contributed by atoms with E-state index in [1.54, 1.807) is 0 Å². The first-order valence-corrected chi connectivity index (χ1v) is 5.67. The van der Waals surface area contributed by atoms with E-state index >= 15 is 0 Å². The summed E-state index contributed by atoms with van der Waals surface area (Å²) < 4.78 is 1.07. The lowest BCUT2D eigenvalue weighted by Gasteiger charge is -2.02. The summed E-state index contributed by atoms with van der Waals surface area (Å²) in [6.07, 6.45) is 0. The van der Waals surface area contributed by atoms with Crippen LogP contribution in [-0.2, 0) is 0 Å². The standard InChI is InChI=1S/C11H13N5O3/c1-5(2)7-4-8(10(18)19)16(15-7)11-12-9(17)6(3)13-14-11/h4-5H,1-3H3,(H,18,19)(H,12,14,17). The summed E-state index contributed by atoms with van der Waals surface area (Å²) in [4.78, 5) is 25.1. The number of carbonyl (C=O) groups is 1. The number of nitrogens with one attached hydrogen (secondary N) is 1. The Morgan fingerprint density at radius 1 is 1.42 bits per heavy atom. The van der Waals surface area contributed by atoms with Crippen molar-refractivity contribution in [1.29, 1.82) is 0 Å². The van der Waals surface area contributed by atoms with Crippen LogP contribution in [0.5, 0.6) is 0 Å². The predicted octanol–water partition coefficient (Wildman–Crippen LogP) is 0.481. The molecule has 0 aliphatic rings. The Bertz CT molecular complexity index is 686. The molecule has 0 fully saturated rings. The van der Waals surface area contributed by atoms with Crippen LogP contribution >= 0.6 is 0 Å². The van der Waals surface area contributed by atoms with E-state index in [4.69, 9.17) is 5.11 Å². The Hall–Kier alpha value is -2.51. The highest BCUT2D eigenvalue weighted by Crippen LogP contribution is 2.16. The van der Waals surface area contributed by atoms with E-state index in [0.717, 1.165) is 4.68 Å². The molecule has 0 saturated carbocycles. The van der Waals surface area contributed by atoms with E-state index in [9.17, 15) is 9.59 Å². The molecule has 0 amide bonds. The van der Waals surface area contributed by atoms with Crippen molar-refractivity contribution < 1.29 is 9.90 Å². The molecule has 0 atom stereocenters. The lowest BCUT2D eigenvalue weighted by Crippen LogP contribution is -2.20. The number of carboxylic acid groups (broad SMARTS) is 1. The topological polar surface area (TPSA) is 114 Å². The van der Waals surface area contributed by atoms with E-state index in [-0.39, 0.29) is 23.3 Å². The highest BCUT2D eigenvalue weighted by Gasteiger charge is 2.19. The summed E-state index contributed by atoms with van der Waals surface area (Å²) in [6.45, 7) is 5.29. The van der Waals surface area contributed by atoms with Crippen LogP contribution in [0.4, 0.5) is 0 Å². The molecule has 2 N–H and O–H groups in total. The zero-order chi connectivity index (χ0) is 14.2. The average molecular weight is 263 g/mol. The maximum absolute atomic E-state index is 11.5. The number of hydrogen-bond acceptors (Lipinski definition) is 5. The molecule has 2 heterocycles. The molecule has 2 rings (SSSR count). The van der Waals surface area contributed by atoms with Gasteiger partial charge in [-0.2, -0.15) is 9.78 Å². The molecule has 0 radical (unpaired) electrons. The smallest absolute Gasteiger partial charge is 0.354 e. The van der Waals surface area contributed by atoms with Gasteiger partial charge in [0.05, 0.1) is 5.69 Å². The SMILES string of the molecule is Cc1nnc(-n2nc(C(C)C)cc2C(=O)O)[nH]c1=O. The van der Waals surface area contributed by atoms with E-state index in [2.05, 4.69) is 20.3 Å². The van der Waals surface area contributed by atoms with Crippen molar-refractivity contribution in [2.45, 2.75) is 26.7 Å². The van der Waals surface area contributed by atoms with Crippen LogP contribution in [0.3, 0.4) is 0 Å². The van der Waals surface area contributed by atoms with Gasteiger partial charge in [-0.1, -0.05) is 13.8 Å². The Morgan fingerprint density at radius 2 is 2.11 bits per heavy atom. The lowest BCUT2D eigenvalue weighted by atomic mass is 10.1. The second kappa shape index (κ2) is 4.63. The zero-order valence-electron chi connectivity index (χ0n) is 10.7. The van der Waals surface area contributed by atoms with Crippen molar-refractivity contribution in [3.63, 3.8) is 0 Å². The Balaban J connectivity index is 2.63. The third-order valence-electron chi connectivity index (χ3n) is 2.59. The molecule has 0 aliphatic carbocycles. The number of aromatic amines is 1. The normalized spacial score (nSPS) is 10.9. The molecule has 8 nitrogen and oxygen atoms in total. The number of H-pyrrole nitrogens is 1. The monoisotopic (exact) mass is 263 g/mol. The van der Waals surface area contributed by atoms with Crippen LogP contribution in [0.2, 0.25) is 0 Å². The third-order valence-corrected chi connectivity index (χ3v) is 2.59. The summed E-state index contributed by atoms with van der Waals surface area (Å²) in [5.74, 6) is -1.10. The zero-order valence-corrected chi connectivity index (χ0v) is 10.7. The molecule has 19 heavy (non-hydrogen) atoms. The molecule has 0 saturated heterocycles. The second-order valence-corrected chi connectivity index (χ2v) is 4.39. The van der Waals surface area contributed by atoms with Gasteiger partial charge in [-0.25, -0.2) is 4.79 Å². The average Bonchev–Trinajstić information content (AvgIpc) is 2.78. The van der Waals surface area contributed by atoms with Crippen LogP contribution in [0, 0.1) is 6.92 Å². The van der Waals surface area contributed by atoms with Crippen molar-refractivity contribution in [2.75, 3.05) is 0 Å². The van der Waals surface area contributed by atoms with Gasteiger partial charge >= 0.3 is 5.97 Å². The van der Waals surface area contributed by atoms with Crippen LogP contribution in [0.25, 0.3) is 5.95 Å². The van der Waals surface area contributed by atoms with Crippen LogP contribution < -0.4 is 5.56 Å². The number of carboxylic acids is 1. The van der Waals surface area contributed by atoms with Gasteiger partial charge in [-0.3, -0.25) is 9.78 Å². The van der Waals surface area contributed by atoms with Crippen molar-refractivity contribution in [3.8, 4) is 5.95 Å². The molecule has 2 aromatic heterocycles. The van der Waals surface area contributed by atoms with Gasteiger partial charge in [-0.05, 0) is 18.9 Å². The minimum atomic E-state index is -1.15. The number of aromatic carboxylic acids is 1. The summed E-state index contributed by atoms with van der Waals surface area (Å²) in [6, 6.07) is 1.45. The number of rotatable bonds is 3. The fourth-order valence-electron chi connectivity index (χ4n) is 1.48. The summed E-state index contributed by atoms with van der Waals surface area (Å²) in [7, 11) is 0. The number of aryl methyl sites for hydroxylation is 1. The number of aromatic nitrogens is 5. The van der Waals surface area contributed by atoms with Crippen molar-refractivity contribution in [1.82, 2.24) is 25.0 Å². The quantitative estimate of drug-likeness (QED) is 0.832. The Labute approximate surface area is 108 Å². The Morgan fingerprint density at radius 3 is 2.63 bits per heavy atom. The van der Waals surface area contributed by atoms with Crippen molar-refractivity contribution >= 4 is 5.97 Å². The van der Waals surface area contributed by atoms with Gasteiger partial charge in [0, 0.05) is 0 Å². The number of nitrogens with zero attached hydrogens (tertiary/aromatic N) is 4. The van der Waals surface area contributed by atoms with Gasteiger partial charge in [0.1, 0.15) is 5.69 Å². The first-order chi connectivity index (χ1) is 8.90. The minimum Gasteiger partial charge on any atom is -0.477 e. The molecule has 8 heteroatoms. The van der Waals surface area contributed by atoms with E-state index < -0.39 is 11.5 Å². The fourth-order valence-corrected chi connectivity index (χ4v) is 1.48. The van der Waals surface area contributed by atoms with Gasteiger partial charge in [0.2, 0.25) is 0 Å². The van der Waals surface area contributed by atoms with Crippen molar-refractivity contribution in [2.24, 2.45) is 0 Å². The van der Waals surface area contributed by atoms with Crippen molar-refractivity contribution in [3.05, 3.63) is 33.5 Å². The second-order valence-electron chi connectivity index (χ2n) is 4.39.